The van der Waals surface area contributed by atoms with Crippen molar-refractivity contribution in [3.63, 3.8) is 0 Å². The minimum absolute atomic E-state index is 0.0561. The molecule has 2 aliphatic rings. The molecule has 0 bridgehead atoms. The summed E-state index contributed by atoms with van der Waals surface area (Å²) >= 11 is 0. The molecule has 0 aromatic heterocycles. The molecule has 1 aromatic rings. The number of benzene rings is 1. The Kier molecular flexibility index (Phi) is 5.26. The van der Waals surface area contributed by atoms with E-state index >= 15 is 0 Å². The molecule has 2 heterocycles. The van der Waals surface area contributed by atoms with Crippen molar-refractivity contribution in [1.82, 2.24) is 10.6 Å². The second-order valence-electron chi connectivity index (χ2n) is 6.36. The maximum atomic E-state index is 12.4. The van der Waals surface area contributed by atoms with Gasteiger partial charge in [-0.3, -0.25) is 4.79 Å². The molecule has 2 N–H and O–H groups in total. The SMILES string of the molecule is CCOc1cc2c(cc1CNC(=O)[C@H]1NCCO[C@@H]1C)OC(C)C2. The quantitative estimate of drug-likeness (QED) is 0.852. The van der Waals surface area contributed by atoms with E-state index in [1.807, 2.05) is 26.0 Å². The van der Waals surface area contributed by atoms with Gasteiger partial charge in [-0.2, -0.15) is 0 Å². The summed E-state index contributed by atoms with van der Waals surface area (Å²) in [5, 5.41) is 6.18. The minimum Gasteiger partial charge on any atom is -0.494 e. The fourth-order valence-electron chi connectivity index (χ4n) is 3.23. The smallest absolute Gasteiger partial charge is 0.240 e. The standard InChI is InChI=1S/C18H26N2O4/c1-4-22-15-8-13-7-11(2)24-16(13)9-14(15)10-20-18(21)17-12(3)23-6-5-19-17/h8-9,11-12,17,19H,4-7,10H2,1-3H3,(H,20,21)/t11?,12-,17+/m1/s1. The first-order chi connectivity index (χ1) is 11.6. The molecule has 0 spiro atoms. The lowest BCUT2D eigenvalue weighted by Gasteiger charge is -2.29. The molecule has 3 atom stereocenters. The Morgan fingerprint density at radius 1 is 1.42 bits per heavy atom. The van der Waals surface area contributed by atoms with Crippen LogP contribution in [0, 0.1) is 0 Å². The van der Waals surface area contributed by atoms with Crippen LogP contribution in [-0.4, -0.2) is 43.9 Å². The van der Waals surface area contributed by atoms with Crippen LogP contribution in [0.4, 0.5) is 0 Å². The monoisotopic (exact) mass is 334 g/mol. The molecule has 6 heteroatoms. The molecule has 0 aliphatic carbocycles. The lowest BCUT2D eigenvalue weighted by molar-refractivity contribution is -0.129. The fourth-order valence-corrected chi connectivity index (χ4v) is 3.23. The van der Waals surface area contributed by atoms with Gasteiger partial charge < -0.3 is 24.8 Å². The van der Waals surface area contributed by atoms with Crippen molar-refractivity contribution in [2.75, 3.05) is 19.8 Å². The number of hydrogen-bond acceptors (Lipinski definition) is 5. The van der Waals surface area contributed by atoms with E-state index in [1.54, 1.807) is 0 Å². The van der Waals surface area contributed by atoms with Crippen molar-refractivity contribution in [2.24, 2.45) is 0 Å². The number of morpholine rings is 1. The van der Waals surface area contributed by atoms with E-state index in [1.165, 1.54) is 0 Å². The number of rotatable bonds is 5. The Morgan fingerprint density at radius 2 is 2.25 bits per heavy atom. The van der Waals surface area contributed by atoms with Crippen molar-refractivity contribution in [3.8, 4) is 11.5 Å². The van der Waals surface area contributed by atoms with E-state index in [-0.39, 0.29) is 24.2 Å². The van der Waals surface area contributed by atoms with Crippen molar-refractivity contribution in [2.45, 2.75) is 52.0 Å². The maximum Gasteiger partial charge on any atom is 0.240 e. The van der Waals surface area contributed by atoms with Gasteiger partial charge in [0.2, 0.25) is 5.91 Å². The third-order valence-electron chi connectivity index (χ3n) is 4.43. The van der Waals surface area contributed by atoms with Crippen LogP contribution in [-0.2, 0) is 22.5 Å². The lowest BCUT2D eigenvalue weighted by Crippen LogP contribution is -2.55. The van der Waals surface area contributed by atoms with E-state index in [9.17, 15) is 4.79 Å². The van der Waals surface area contributed by atoms with Gasteiger partial charge in [-0.25, -0.2) is 0 Å². The Morgan fingerprint density at radius 3 is 3.00 bits per heavy atom. The van der Waals surface area contributed by atoms with E-state index in [2.05, 4.69) is 17.6 Å². The average molecular weight is 334 g/mol. The van der Waals surface area contributed by atoms with Crippen LogP contribution >= 0.6 is 0 Å². The zero-order chi connectivity index (χ0) is 17.1. The van der Waals surface area contributed by atoms with Crippen molar-refractivity contribution < 1.29 is 19.0 Å². The maximum absolute atomic E-state index is 12.4. The molecule has 1 saturated heterocycles. The summed E-state index contributed by atoms with van der Waals surface area (Å²) in [5.41, 5.74) is 2.10. The minimum atomic E-state index is -0.319. The highest BCUT2D eigenvalue weighted by Crippen LogP contribution is 2.35. The first-order valence-corrected chi connectivity index (χ1v) is 8.66. The number of ether oxygens (including phenoxy) is 3. The van der Waals surface area contributed by atoms with E-state index in [0.29, 0.717) is 26.3 Å². The molecule has 132 valence electrons. The highest BCUT2D eigenvalue weighted by atomic mass is 16.5. The van der Waals surface area contributed by atoms with E-state index in [0.717, 1.165) is 29.0 Å². The topological polar surface area (TPSA) is 68.8 Å². The second kappa shape index (κ2) is 7.40. The summed E-state index contributed by atoms with van der Waals surface area (Å²) in [6.45, 7) is 8.25. The third kappa shape index (κ3) is 3.65. The van der Waals surface area contributed by atoms with Crippen LogP contribution in [0.3, 0.4) is 0 Å². The van der Waals surface area contributed by atoms with Crippen LogP contribution in [0.15, 0.2) is 12.1 Å². The van der Waals surface area contributed by atoms with Gasteiger partial charge in [0.1, 0.15) is 23.6 Å². The number of amides is 1. The molecule has 0 radical (unpaired) electrons. The predicted molar refractivity (Wildman–Crippen MR) is 90.5 cm³/mol. The number of carbonyl (C=O) groups is 1. The molecular formula is C18H26N2O4. The predicted octanol–water partition coefficient (Wildman–Crippen LogP) is 1.40. The largest absolute Gasteiger partial charge is 0.494 e. The highest BCUT2D eigenvalue weighted by Gasteiger charge is 2.28. The summed E-state index contributed by atoms with van der Waals surface area (Å²) < 4.78 is 17.1. The van der Waals surface area contributed by atoms with Crippen molar-refractivity contribution in [1.29, 1.82) is 0 Å². The molecular weight excluding hydrogens is 308 g/mol. The van der Waals surface area contributed by atoms with Gasteiger partial charge in [0.15, 0.2) is 0 Å². The summed E-state index contributed by atoms with van der Waals surface area (Å²) in [7, 11) is 0. The normalized spacial score (nSPS) is 25.7. The van der Waals surface area contributed by atoms with Gasteiger partial charge in [-0.05, 0) is 32.9 Å². The molecule has 1 amide bonds. The number of carbonyl (C=O) groups excluding carboxylic acids is 1. The lowest BCUT2D eigenvalue weighted by atomic mass is 10.1. The van der Waals surface area contributed by atoms with Gasteiger partial charge in [0, 0.05) is 30.6 Å². The first-order valence-electron chi connectivity index (χ1n) is 8.66. The Bertz CT molecular complexity index is 605. The number of fused-ring (bicyclic) bond motifs is 1. The number of hydrogen-bond donors (Lipinski definition) is 2. The summed E-state index contributed by atoms with van der Waals surface area (Å²) in [6, 6.07) is 3.70. The molecule has 1 aromatic carbocycles. The highest BCUT2D eigenvalue weighted by molar-refractivity contribution is 5.82. The first kappa shape index (κ1) is 17.0. The van der Waals surface area contributed by atoms with Gasteiger partial charge in [0.25, 0.3) is 0 Å². The molecule has 6 nitrogen and oxygen atoms in total. The van der Waals surface area contributed by atoms with Crippen LogP contribution in [0.5, 0.6) is 11.5 Å². The van der Waals surface area contributed by atoms with Gasteiger partial charge in [0.05, 0.1) is 19.3 Å². The third-order valence-corrected chi connectivity index (χ3v) is 4.43. The molecule has 1 fully saturated rings. The summed E-state index contributed by atoms with van der Waals surface area (Å²) in [4.78, 5) is 12.4. The van der Waals surface area contributed by atoms with Crippen LogP contribution in [0.1, 0.15) is 31.9 Å². The zero-order valence-electron chi connectivity index (χ0n) is 14.6. The summed E-state index contributed by atoms with van der Waals surface area (Å²) in [5.74, 6) is 1.65. The Hall–Kier alpha value is -1.79. The van der Waals surface area contributed by atoms with Crippen LogP contribution in [0.25, 0.3) is 0 Å². The van der Waals surface area contributed by atoms with Crippen molar-refractivity contribution in [3.05, 3.63) is 23.3 Å². The van der Waals surface area contributed by atoms with Gasteiger partial charge in [-0.15, -0.1) is 0 Å². The summed E-state index contributed by atoms with van der Waals surface area (Å²) in [6.07, 6.45) is 0.946. The van der Waals surface area contributed by atoms with Gasteiger partial charge in [-0.1, -0.05) is 0 Å². The zero-order valence-corrected chi connectivity index (χ0v) is 14.6. The molecule has 2 aliphatic heterocycles. The second-order valence-corrected chi connectivity index (χ2v) is 6.36. The van der Waals surface area contributed by atoms with E-state index < -0.39 is 0 Å². The Labute approximate surface area is 142 Å². The molecule has 1 unspecified atom stereocenters. The van der Waals surface area contributed by atoms with Crippen molar-refractivity contribution >= 4 is 5.91 Å². The van der Waals surface area contributed by atoms with Crippen LogP contribution < -0.4 is 20.1 Å². The molecule has 0 saturated carbocycles. The molecule has 24 heavy (non-hydrogen) atoms. The fraction of sp³-hybridized carbons (Fsp3) is 0.611. The number of nitrogens with one attached hydrogen (secondary N) is 2. The van der Waals surface area contributed by atoms with E-state index in [4.69, 9.17) is 14.2 Å². The molecule has 3 rings (SSSR count). The van der Waals surface area contributed by atoms with Crippen LogP contribution in [0.2, 0.25) is 0 Å². The average Bonchev–Trinajstić information content (AvgIpc) is 2.92. The van der Waals surface area contributed by atoms with Gasteiger partial charge >= 0.3 is 0 Å². The Balaban J connectivity index is 1.70.